The van der Waals surface area contributed by atoms with Crippen molar-refractivity contribution in [3.05, 3.63) is 124 Å². The maximum Gasteiger partial charge on any atom is 0.272 e. The molecule has 0 unspecified atom stereocenters. The molecule has 1 aliphatic heterocycles. The molecule has 3 N–H and O–H groups in total. The van der Waals surface area contributed by atoms with Gasteiger partial charge in [-0.1, -0.05) is 72.0 Å². The van der Waals surface area contributed by atoms with Crippen LogP contribution in [-0.4, -0.2) is 59.2 Å². The van der Waals surface area contributed by atoms with Crippen molar-refractivity contribution >= 4 is 45.5 Å². The van der Waals surface area contributed by atoms with Crippen molar-refractivity contribution in [1.29, 1.82) is 0 Å². The van der Waals surface area contributed by atoms with Crippen LogP contribution in [0.4, 0.5) is 15.8 Å². The number of benzene rings is 3. The third-order valence-electron chi connectivity index (χ3n) is 6.82. The fourth-order valence-electron chi connectivity index (χ4n) is 4.66. The number of halogens is 1. The Hall–Kier alpha value is -4.70. The number of hydrogen-bond acceptors (Lipinski definition) is 7. The first-order chi connectivity index (χ1) is 23.6. The van der Waals surface area contributed by atoms with E-state index in [1.165, 1.54) is 6.07 Å². The zero-order valence-corrected chi connectivity index (χ0v) is 31.2. The number of nitrogens with two attached hydrogens (primary N) is 1. The number of piperazine rings is 1. The fourth-order valence-corrected chi connectivity index (χ4v) is 4.94. The van der Waals surface area contributed by atoms with Crippen molar-refractivity contribution in [3.63, 3.8) is 0 Å². The van der Waals surface area contributed by atoms with E-state index in [0.29, 0.717) is 49.4 Å². The lowest BCUT2D eigenvalue weighted by Crippen LogP contribution is -2.49. The molecule has 0 aliphatic carbocycles. The SMILES string of the molecule is C.C=C(N=C(C)C)SC.C=CC.CC.CC.Nc1ccc(N2CCN(C(=O)c3cc(Cc4n[nH]c(=O)c5ccccc45)ccc3F)CC2)cc1. The predicted molar refractivity (Wildman–Crippen MR) is 217 cm³/mol. The van der Waals surface area contributed by atoms with Crippen molar-refractivity contribution in [2.75, 3.05) is 43.1 Å². The average Bonchev–Trinajstić information content (AvgIpc) is 3.12. The van der Waals surface area contributed by atoms with Gasteiger partial charge in [-0.3, -0.25) is 14.6 Å². The van der Waals surface area contributed by atoms with E-state index in [2.05, 4.69) is 33.2 Å². The van der Waals surface area contributed by atoms with Crippen LogP contribution in [-0.2, 0) is 6.42 Å². The summed E-state index contributed by atoms with van der Waals surface area (Å²) in [5, 5.41) is 8.87. The number of nitrogens with one attached hydrogen (secondary N) is 1. The Kier molecular flexibility index (Phi) is 22.1. The molecule has 1 aromatic heterocycles. The van der Waals surface area contributed by atoms with Gasteiger partial charge in [0, 0.05) is 55.1 Å². The van der Waals surface area contributed by atoms with Crippen LogP contribution in [0.25, 0.3) is 10.8 Å². The van der Waals surface area contributed by atoms with Gasteiger partial charge in [0.15, 0.2) is 0 Å². The van der Waals surface area contributed by atoms with Gasteiger partial charge in [0.05, 0.1) is 21.7 Å². The summed E-state index contributed by atoms with van der Waals surface area (Å²) in [4.78, 5) is 33.2. The summed E-state index contributed by atoms with van der Waals surface area (Å²) in [6.07, 6.45) is 4.08. The van der Waals surface area contributed by atoms with Crippen molar-refractivity contribution in [2.45, 2.75) is 62.3 Å². The first kappa shape index (κ1) is 45.3. The summed E-state index contributed by atoms with van der Waals surface area (Å²) in [6.45, 7) is 23.2. The molecule has 1 saturated heterocycles. The number of carbonyl (C=O) groups is 1. The Morgan fingerprint density at radius 1 is 1.00 bits per heavy atom. The number of nitrogens with zero attached hydrogens (tertiary/aromatic N) is 4. The first-order valence-corrected chi connectivity index (χ1v) is 17.8. The predicted octanol–water partition coefficient (Wildman–Crippen LogP) is 9.38. The minimum atomic E-state index is -0.547. The molecule has 10 heteroatoms. The molecule has 1 fully saturated rings. The van der Waals surface area contributed by atoms with E-state index in [4.69, 9.17) is 5.73 Å². The zero-order valence-electron chi connectivity index (χ0n) is 30.3. The van der Waals surface area contributed by atoms with Gasteiger partial charge in [0.2, 0.25) is 0 Å². The lowest BCUT2D eigenvalue weighted by molar-refractivity contribution is 0.0742. The summed E-state index contributed by atoms with van der Waals surface area (Å²) in [5.74, 6) is -0.871. The topological polar surface area (TPSA) is 108 Å². The largest absolute Gasteiger partial charge is 0.399 e. The average molecular weight is 705 g/mol. The number of rotatable bonds is 6. The number of H-pyrrole nitrogens is 1. The minimum Gasteiger partial charge on any atom is -0.399 e. The lowest BCUT2D eigenvalue weighted by atomic mass is 10.0. The number of fused-ring (bicyclic) bond motifs is 1. The van der Waals surface area contributed by atoms with E-state index in [9.17, 15) is 14.0 Å². The van der Waals surface area contributed by atoms with Crippen molar-refractivity contribution in [2.24, 2.45) is 4.99 Å². The summed E-state index contributed by atoms with van der Waals surface area (Å²) >= 11 is 1.57. The Morgan fingerprint density at radius 3 is 2.08 bits per heavy atom. The van der Waals surface area contributed by atoms with Gasteiger partial charge in [-0.15, -0.1) is 18.3 Å². The third-order valence-corrected chi connectivity index (χ3v) is 7.38. The molecule has 272 valence electrons. The van der Waals surface area contributed by atoms with Gasteiger partial charge in [-0.2, -0.15) is 5.10 Å². The summed E-state index contributed by atoms with van der Waals surface area (Å²) in [5.41, 5.74) is 9.78. The monoisotopic (exact) mass is 704 g/mol. The van der Waals surface area contributed by atoms with Gasteiger partial charge in [-0.25, -0.2) is 9.49 Å². The van der Waals surface area contributed by atoms with E-state index in [0.717, 1.165) is 27.4 Å². The molecular weight excluding hydrogens is 648 g/mol. The fraction of sp³-hybridized carbons (Fsp3) is 0.350. The number of aromatic nitrogens is 2. The smallest absolute Gasteiger partial charge is 0.272 e. The lowest BCUT2D eigenvalue weighted by Gasteiger charge is -2.36. The van der Waals surface area contributed by atoms with E-state index in [1.54, 1.807) is 47.0 Å². The van der Waals surface area contributed by atoms with Crippen LogP contribution < -0.4 is 16.2 Å². The van der Waals surface area contributed by atoms with Gasteiger partial charge < -0.3 is 15.5 Å². The molecule has 4 aromatic rings. The molecule has 3 aromatic carbocycles. The third kappa shape index (κ3) is 14.0. The maximum absolute atomic E-state index is 14.7. The van der Waals surface area contributed by atoms with Crippen LogP contribution in [0.3, 0.4) is 0 Å². The van der Waals surface area contributed by atoms with Crippen molar-refractivity contribution in [1.82, 2.24) is 15.1 Å². The second-order valence-corrected chi connectivity index (χ2v) is 11.4. The Labute approximate surface area is 303 Å². The number of carbonyl (C=O) groups excluding carboxylic acids is 1. The molecule has 50 heavy (non-hydrogen) atoms. The second-order valence-electron chi connectivity index (χ2n) is 10.5. The number of hydrogen-bond donors (Lipinski definition) is 2. The standard InChI is InChI=1S/C26H24FN5O2.C6H11NS.C3H6.2C2H6.CH4/c27-23-10-5-17(16-24-20-3-1-2-4-21(20)25(33)30-29-24)15-22(23)26(34)32-13-11-31(12-14-32)19-8-6-18(28)7-9-19;1-5(2)7-6(3)8-4;1-3-2;2*1-2;/h1-10,15H,11-14,16,28H2,(H,30,33);3H2,1-2,4H3;3H,1H2,2H3;2*1-2H3;1H4. The van der Waals surface area contributed by atoms with E-state index in [-0.39, 0.29) is 24.5 Å². The zero-order chi connectivity index (χ0) is 36.9. The van der Waals surface area contributed by atoms with Crippen LogP contribution in [0, 0.1) is 5.82 Å². The van der Waals surface area contributed by atoms with E-state index in [1.807, 2.05) is 91.1 Å². The molecule has 0 radical (unpaired) electrons. The van der Waals surface area contributed by atoms with Crippen LogP contribution in [0.5, 0.6) is 0 Å². The molecule has 0 bridgehead atoms. The number of nitrogen functional groups attached to an aromatic ring is 1. The highest BCUT2D eigenvalue weighted by molar-refractivity contribution is 8.02. The van der Waals surface area contributed by atoms with Crippen LogP contribution in [0.2, 0.25) is 0 Å². The number of allylic oxidation sites excluding steroid dienone is 1. The number of anilines is 2. The molecule has 0 atom stereocenters. The molecule has 5 rings (SSSR count). The van der Waals surface area contributed by atoms with Gasteiger partial charge in [0.25, 0.3) is 11.5 Å². The molecule has 2 heterocycles. The van der Waals surface area contributed by atoms with Gasteiger partial charge in [-0.05, 0) is 75.1 Å². The van der Waals surface area contributed by atoms with Crippen LogP contribution in [0.15, 0.2) is 101 Å². The number of amides is 1. The summed E-state index contributed by atoms with van der Waals surface area (Å²) in [7, 11) is 0. The minimum absolute atomic E-state index is 0. The number of thioether (sulfide) groups is 1. The number of aliphatic imine (C=N–C) groups is 1. The molecule has 1 aliphatic rings. The van der Waals surface area contributed by atoms with Crippen LogP contribution in [0.1, 0.15) is 77.5 Å². The molecule has 0 spiro atoms. The van der Waals surface area contributed by atoms with Crippen molar-refractivity contribution < 1.29 is 9.18 Å². The van der Waals surface area contributed by atoms with E-state index < -0.39 is 5.82 Å². The second kappa shape index (κ2) is 24.4. The highest BCUT2D eigenvalue weighted by Crippen LogP contribution is 2.22. The van der Waals surface area contributed by atoms with Gasteiger partial charge >= 0.3 is 0 Å². The van der Waals surface area contributed by atoms with Gasteiger partial charge in [0.1, 0.15) is 5.82 Å². The molecule has 1 amide bonds. The van der Waals surface area contributed by atoms with Crippen molar-refractivity contribution in [3.8, 4) is 0 Å². The molecule has 0 saturated carbocycles. The highest BCUT2D eigenvalue weighted by atomic mass is 32.2. The Bertz CT molecular complexity index is 1710. The maximum atomic E-state index is 14.7. The van der Waals surface area contributed by atoms with Crippen LogP contribution >= 0.6 is 11.8 Å². The summed E-state index contributed by atoms with van der Waals surface area (Å²) in [6, 6.07) is 19.4. The molecular formula is C40H57FN6O2S. The highest BCUT2D eigenvalue weighted by Gasteiger charge is 2.25. The summed E-state index contributed by atoms with van der Waals surface area (Å²) < 4.78 is 14.7. The Morgan fingerprint density at radius 2 is 1.56 bits per heavy atom. The quantitative estimate of drug-likeness (QED) is 0.118. The Balaban J connectivity index is 0.00000129. The number of aromatic amines is 1. The van der Waals surface area contributed by atoms with E-state index >= 15 is 0 Å². The molecule has 8 nitrogen and oxygen atoms in total. The first-order valence-electron chi connectivity index (χ1n) is 16.5. The normalized spacial score (nSPS) is 11.3.